The minimum atomic E-state index is -2.50. The first-order valence-corrected chi connectivity index (χ1v) is 5.35. The molecular weight excluding hydrogens is 242 g/mol. The zero-order valence-corrected chi connectivity index (χ0v) is 9.66. The molecule has 7 heteroatoms. The van der Waals surface area contributed by atoms with Crippen LogP contribution in [0.3, 0.4) is 0 Å². The average Bonchev–Trinajstić information content (AvgIpc) is 2.75. The van der Waals surface area contributed by atoms with E-state index in [1.807, 2.05) is 0 Å². The Morgan fingerprint density at radius 1 is 1.22 bits per heavy atom. The van der Waals surface area contributed by atoms with Gasteiger partial charge in [0.15, 0.2) is 5.82 Å². The van der Waals surface area contributed by atoms with Gasteiger partial charge in [-0.15, -0.1) is 10.2 Å². The monoisotopic (exact) mass is 254 g/mol. The SMILES string of the molecule is Cn1nnc(CC(O)c2ccc(C(F)F)cc2)n1. The molecule has 0 aliphatic rings. The van der Waals surface area contributed by atoms with Gasteiger partial charge < -0.3 is 5.11 Å². The van der Waals surface area contributed by atoms with Crippen LogP contribution in [0.25, 0.3) is 0 Å². The van der Waals surface area contributed by atoms with E-state index in [-0.39, 0.29) is 12.0 Å². The Morgan fingerprint density at radius 2 is 1.83 bits per heavy atom. The van der Waals surface area contributed by atoms with Gasteiger partial charge in [-0.2, -0.15) is 4.80 Å². The maximum atomic E-state index is 12.4. The molecule has 0 aliphatic carbocycles. The lowest BCUT2D eigenvalue weighted by molar-refractivity contribution is 0.150. The topological polar surface area (TPSA) is 63.8 Å². The minimum absolute atomic E-state index is 0.0661. The van der Waals surface area contributed by atoms with Gasteiger partial charge in [0.2, 0.25) is 0 Å². The van der Waals surface area contributed by atoms with Gasteiger partial charge in [-0.3, -0.25) is 0 Å². The summed E-state index contributed by atoms with van der Waals surface area (Å²) in [7, 11) is 1.63. The molecule has 18 heavy (non-hydrogen) atoms. The van der Waals surface area contributed by atoms with Crippen LogP contribution in [0.1, 0.15) is 29.5 Å². The molecule has 0 bridgehead atoms. The van der Waals surface area contributed by atoms with Gasteiger partial charge in [0, 0.05) is 12.0 Å². The van der Waals surface area contributed by atoms with Gasteiger partial charge in [-0.05, 0) is 10.8 Å². The normalized spacial score (nSPS) is 12.9. The largest absolute Gasteiger partial charge is 0.388 e. The molecule has 2 aromatic rings. The zero-order chi connectivity index (χ0) is 13.1. The Hall–Kier alpha value is -1.89. The molecule has 0 saturated carbocycles. The predicted octanol–water partition coefficient (Wildman–Crippen LogP) is 1.42. The molecule has 0 aliphatic heterocycles. The summed E-state index contributed by atoms with van der Waals surface area (Å²) >= 11 is 0. The van der Waals surface area contributed by atoms with E-state index in [9.17, 15) is 13.9 Å². The highest BCUT2D eigenvalue weighted by molar-refractivity contribution is 5.25. The van der Waals surface area contributed by atoms with Gasteiger partial charge in [0.25, 0.3) is 6.43 Å². The quantitative estimate of drug-likeness (QED) is 0.896. The van der Waals surface area contributed by atoms with Gasteiger partial charge in [0.1, 0.15) is 0 Å². The van der Waals surface area contributed by atoms with Crippen molar-refractivity contribution in [2.24, 2.45) is 7.05 Å². The number of alkyl halides is 2. The molecule has 0 saturated heterocycles. The van der Waals surface area contributed by atoms with Crippen LogP contribution in [0.4, 0.5) is 8.78 Å². The number of tetrazole rings is 1. The minimum Gasteiger partial charge on any atom is -0.388 e. The molecule has 96 valence electrons. The summed E-state index contributed by atoms with van der Waals surface area (Å²) in [6.45, 7) is 0. The van der Waals surface area contributed by atoms with Crippen molar-refractivity contribution in [1.29, 1.82) is 0 Å². The van der Waals surface area contributed by atoms with Crippen LogP contribution in [0.5, 0.6) is 0 Å². The third-order valence-corrected chi connectivity index (χ3v) is 2.50. The molecule has 5 nitrogen and oxygen atoms in total. The second-order valence-corrected chi connectivity index (χ2v) is 3.88. The van der Waals surface area contributed by atoms with Crippen molar-refractivity contribution in [2.75, 3.05) is 0 Å². The van der Waals surface area contributed by atoms with Crippen LogP contribution in [-0.4, -0.2) is 25.3 Å². The lowest BCUT2D eigenvalue weighted by Crippen LogP contribution is -2.04. The Kier molecular flexibility index (Phi) is 3.61. The Labute approximate surface area is 102 Å². The predicted molar refractivity (Wildman–Crippen MR) is 58.9 cm³/mol. The number of rotatable bonds is 4. The number of aryl methyl sites for hydroxylation is 1. The Morgan fingerprint density at radius 3 is 2.33 bits per heavy atom. The number of aromatic nitrogens is 4. The fraction of sp³-hybridized carbons (Fsp3) is 0.364. The third kappa shape index (κ3) is 2.86. The van der Waals surface area contributed by atoms with E-state index in [1.54, 1.807) is 7.05 Å². The summed E-state index contributed by atoms with van der Waals surface area (Å²) < 4.78 is 24.7. The molecule has 2 rings (SSSR count). The lowest BCUT2D eigenvalue weighted by Gasteiger charge is -2.09. The van der Waals surface area contributed by atoms with Crippen LogP contribution >= 0.6 is 0 Å². The fourth-order valence-electron chi connectivity index (χ4n) is 1.56. The molecule has 0 spiro atoms. The molecule has 1 aromatic heterocycles. The highest BCUT2D eigenvalue weighted by atomic mass is 19.3. The lowest BCUT2D eigenvalue weighted by atomic mass is 10.0. The summed E-state index contributed by atoms with van der Waals surface area (Å²) in [5.74, 6) is 0.405. The molecule has 0 amide bonds. The number of benzene rings is 1. The molecule has 0 radical (unpaired) electrons. The van der Waals surface area contributed by atoms with E-state index in [0.717, 1.165) is 0 Å². The molecule has 1 atom stereocenters. The van der Waals surface area contributed by atoms with Gasteiger partial charge in [-0.1, -0.05) is 24.3 Å². The Balaban J connectivity index is 2.06. The second-order valence-electron chi connectivity index (χ2n) is 3.88. The van der Waals surface area contributed by atoms with Crippen LogP contribution in [0, 0.1) is 0 Å². The van der Waals surface area contributed by atoms with E-state index in [4.69, 9.17) is 0 Å². The van der Waals surface area contributed by atoms with Crippen molar-refractivity contribution >= 4 is 0 Å². The van der Waals surface area contributed by atoms with Gasteiger partial charge in [-0.25, -0.2) is 8.78 Å². The van der Waals surface area contributed by atoms with Crippen LogP contribution in [0.2, 0.25) is 0 Å². The number of halogens is 2. The molecule has 1 heterocycles. The van der Waals surface area contributed by atoms with Crippen molar-refractivity contribution < 1.29 is 13.9 Å². The highest BCUT2D eigenvalue weighted by Crippen LogP contribution is 2.22. The summed E-state index contributed by atoms with van der Waals surface area (Å²) in [5.41, 5.74) is 0.482. The summed E-state index contributed by atoms with van der Waals surface area (Å²) in [4.78, 5) is 1.29. The van der Waals surface area contributed by atoms with Gasteiger partial charge in [0.05, 0.1) is 13.2 Å². The van der Waals surface area contributed by atoms with Crippen molar-refractivity contribution in [1.82, 2.24) is 20.2 Å². The molecule has 1 aromatic carbocycles. The number of nitrogens with zero attached hydrogens (tertiary/aromatic N) is 4. The van der Waals surface area contributed by atoms with Gasteiger partial charge >= 0.3 is 0 Å². The molecule has 1 N–H and O–H groups in total. The molecular formula is C11H12F2N4O. The van der Waals surface area contributed by atoms with E-state index in [2.05, 4.69) is 15.4 Å². The number of aliphatic hydroxyl groups excluding tert-OH is 1. The molecule has 0 fully saturated rings. The summed E-state index contributed by atoms with van der Waals surface area (Å²) in [5, 5.41) is 21.2. The van der Waals surface area contributed by atoms with Crippen molar-refractivity contribution in [3.8, 4) is 0 Å². The first kappa shape index (κ1) is 12.6. The van der Waals surface area contributed by atoms with Crippen LogP contribution in [0.15, 0.2) is 24.3 Å². The number of hydrogen-bond acceptors (Lipinski definition) is 4. The van der Waals surface area contributed by atoms with E-state index < -0.39 is 12.5 Å². The second kappa shape index (κ2) is 5.18. The third-order valence-electron chi connectivity index (χ3n) is 2.50. The first-order valence-electron chi connectivity index (χ1n) is 5.35. The maximum Gasteiger partial charge on any atom is 0.263 e. The van der Waals surface area contributed by atoms with Crippen molar-refractivity contribution in [2.45, 2.75) is 19.0 Å². The maximum absolute atomic E-state index is 12.4. The Bertz CT molecular complexity index is 512. The average molecular weight is 254 g/mol. The van der Waals surface area contributed by atoms with Crippen LogP contribution in [-0.2, 0) is 13.5 Å². The van der Waals surface area contributed by atoms with Crippen LogP contribution < -0.4 is 0 Å². The summed E-state index contributed by atoms with van der Waals surface area (Å²) in [6.07, 6.45) is -3.14. The smallest absolute Gasteiger partial charge is 0.263 e. The highest BCUT2D eigenvalue weighted by Gasteiger charge is 2.13. The standard InChI is InChI=1S/C11H12F2N4O/c1-17-15-10(14-16-17)6-9(18)7-2-4-8(5-3-7)11(12)13/h2-5,9,11,18H,6H2,1H3. The number of aliphatic hydroxyl groups is 1. The zero-order valence-electron chi connectivity index (χ0n) is 9.66. The summed E-state index contributed by atoms with van der Waals surface area (Å²) in [6, 6.07) is 5.55. The van der Waals surface area contributed by atoms with E-state index in [1.165, 1.54) is 29.1 Å². The first-order chi connectivity index (χ1) is 8.56. The number of hydrogen-bond donors (Lipinski definition) is 1. The van der Waals surface area contributed by atoms with Crippen molar-refractivity contribution in [3.63, 3.8) is 0 Å². The van der Waals surface area contributed by atoms with E-state index in [0.29, 0.717) is 11.4 Å². The molecule has 1 unspecified atom stereocenters. The van der Waals surface area contributed by atoms with E-state index >= 15 is 0 Å². The van der Waals surface area contributed by atoms with Crippen molar-refractivity contribution in [3.05, 3.63) is 41.2 Å². The fourth-order valence-corrected chi connectivity index (χ4v) is 1.56.